The van der Waals surface area contributed by atoms with Crippen LogP contribution < -0.4 is 0 Å². The smallest absolute Gasteiger partial charge is 0.346 e. The lowest BCUT2D eigenvalue weighted by Crippen LogP contribution is -2.34. The Bertz CT molecular complexity index is 790. The third kappa shape index (κ3) is 1.82. The lowest BCUT2D eigenvalue weighted by molar-refractivity contribution is -0.156. The summed E-state index contributed by atoms with van der Waals surface area (Å²) >= 11 is 0. The molecular weight excluding hydrogens is 312 g/mol. The maximum atomic E-state index is 11.5. The number of hydrogen-bond acceptors (Lipinski definition) is 6. The summed E-state index contributed by atoms with van der Waals surface area (Å²) in [4.78, 5) is 44.6. The largest absolute Gasteiger partial charge is 0.392 e. The van der Waals surface area contributed by atoms with Gasteiger partial charge >= 0.3 is 23.9 Å². The van der Waals surface area contributed by atoms with Crippen LogP contribution in [0.5, 0.6) is 0 Å². The summed E-state index contributed by atoms with van der Waals surface area (Å²) in [7, 11) is 0. The summed E-state index contributed by atoms with van der Waals surface area (Å²) in [5.74, 6) is -1.47. The second-order valence-corrected chi connectivity index (χ2v) is 6.58. The fourth-order valence-electron chi connectivity index (χ4n) is 4.09. The molecule has 2 aliphatic heterocycles. The van der Waals surface area contributed by atoms with Gasteiger partial charge in [-0.15, -0.1) is 0 Å². The number of hydrogen-bond donors (Lipinski definition) is 0. The van der Waals surface area contributed by atoms with Gasteiger partial charge in [-0.1, -0.05) is 24.3 Å². The minimum absolute atomic E-state index is 0.199. The normalized spacial score (nSPS) is 34.5. The molecule has 2 aliphatic carbocycles. The van der Waals surface area contributed by atoms with E-state index in [1.807, 2.05) is 6.92 Å². The number of benzene rings is 1. The molecule has 0 aromatic heterocycles. The molecule has 122 valence electrons. The predicted octanol–water partition coefficient (Wildman–Crippen LogP) is 1.90. The molecule has 0 amide bonds. The van der Waals surface area contributed by atoms with Gasteiger partial charge in [0.2, 0.25) is 0 Å². The summed E-state index contributed by atoms with van der Waals surface area (Å²) in [6.45, 7) is 1.86. The first-order valence-corrected chi connectivity index (χ1v) is 7.73. The Hall–Kier alpha value is -2.76. The summed E-state index contributed by atoms with van der Waals surface area (Å²) in [6, 6.07) is 6.53. The van der Waals surface area contributed by atoms with Crippen LogP contribution in [0, 0.1) is 23.2 Å². The molecule has 1 saturated heterocycles. The van der Waals surface area contributed by atoms with E-state index in [4.69, 9.17) is 4.74 Å². The molecule has 6 nitrogen and oxygen atoms in total. The zero-order valence-electron chi connectivity index (χ0n) is 12.9. The van der Waals surface area contributed by atoms with Crippen LogP contribution in [0.4, 0.5) is 0 Å². The van der Waals surface area contributed by atoms with Crippen molar-refractivity contribution in [1.82, 2.24) is 0 Å². The van der Waals surface area contributed by atoms with E-state index in [0.717, 1.165) is 6.42 Å². The van der Waals surface area contributed by atoms with Gasteiger partial charge in [-0.05, 0) is 37.3 Å². The number of cyclic esters (lactones) is 4. The van der Waals surface area contributed by atoms with Crippen LogP contribution in [-0.4, -0.2) is 23.9 Å². The Labute approximate surface area is 137 Å². The molecule has 1 aromatic carbocycles. The Morgan fingerprint density at radius 2 is 1.58 bits per heavy atom. The van der Waals surface area contributed by atoms with Crippen molar-refractivity contribution in [1.29, 1.82) is 0 Å². The maximum Gasteiger partial charge on any atom is 0.346 e. The molecule has 0 N–H and O–H groups in total. The van der Waals surface area contributed by atoms with E-state index in [2.05, 4.69) is 16.9 Å². The Morgan fingerprint density at radius 1 is 0.958 bits per heavy atom. The molecule has 6 heteroatoms. The van der Waals surface area contributed by atoms with Gasteiger partial charge < -0.3 is 9.47 Å². The number of esters is 4. The second-order valence-electron chi connectivity index (χ2n) is 6.58. The molecule has 4 atom stereocenters. The average molecular weight is 326 g/mol. The Balaban J connectivity index is 0.000000123. The van der Waals surface area contributed by atoms with Crippen molar-refractivity contribution >= 4 is 23.9 Å². The molecule has 0 radical (unpaired) electrons. The van der Waals surface area contributed by atoms with E-state index in [1.165, 1.54) is 0 Å². The van der Waals surface area contributed by atoms with Crippen molar-refractivity contribution in [3.8, 4) is 0 Å². The maximum absolute atomic E-state index is 11.5. The fraction of sp³-hybridized carbons (Fsp3) is 0.333. The second kappa shape index (κ2) is 4.87. The van der Waals surface area contributed by atoms with Crippen molar-refractivity contribution in [2.75, 3.05) is 0 Å². The lowest BCUT2D eigenvalue weighted by Gasteiger charge is -2.25. The first-order chi connectivity index (χ1) is 11.4. The highest BCUT2D eigenvalue weighted by molar-refractivity contribution is 6.14. The predicted molar refractivity (Wildman–Crippen MR) is 79.6 cm³/mol. The molecule has 24 heavy (non-hydrogen) atoms. The van der Waals surface area contributed by atoms with Crippen LogP contribution in [-0.2, 0) is 19.1 Å². The third-order valence-corrected chi connectivity index (χ3v) is 5.40. The molecular formula is C18H14O6. The number of carbonyl (C=O) groups is 4. The lowest BCUT2D eigenvalue weighted by atomic mass is 9.72. The quantitative estimate of drug-likeness (QED) is 0.411. The number of rotatable bonds is 0. The van der Waals surface area contributed by atoms with Crippen LogP contribution in [0.25, 0.3) is 0 Å². The summed E-state index contributed by atoms with van der Waals surface area (Å²) in [5.41, 5.74) is 0.172. The van der Waals surface area contributed by atoms with Gasteiger partial charge in [0.05, 0.1) is 22.5 Å². The molecule has 4 aliphatic rings. The van der Waals surface area contributed by atoms with Gasteiger partial charge in [0.15, 0.2) is 0 Å². The first-order valence-electron chi connectivity index (χ1n) is 7.73. The van der Waals surface area contributed by atoms with Gasteiger partial charge in [-0.2, -0.15) is 0 Å². The van der Waals surface area contributed by atoms with E-state index >= 15 is 0 Å². The monoisotopic (exact) mass is 326 g/mol. The highest BCUT2D eigenvalue weighted by atomic mass is 16.6. The SMILES string of the molecule is CC12C(=O)OC(=O)C1C1C=CC2C1.O=C1OC(=O)c2ccccc21. The standard InChI is InChI=1S/C10H10O3.C8H4O3/c1-10-6-3-2-5(4-6)7(10)8(11)13-9(10)12;9-7-5-3-1-2-4-6(5)8(10)11-7/h2-3,5-7H,4H2,1H3;1-4H. The topological polar surface area (TPSA) is 86.7 Å². The van der Waals surface area contributed by atoms with Crippen LogP contribution in [0.3, 0.4) is 0 Å². The number of fused-ring (bicyclic) bond motifs is 6. The van der Waals surface area contributed by atoms with Crippen molar-refractivity contribution in [3.05, 3.63) is 47.5 Å². The van der Waals surface area contributed by atoms with Gasteiger partial charge in [0.1, 0.15) is 0 Å². The van der Waals surface area contributed by atoms with Crippen molar-refractivity contribution in [3.63, 3.8) is 0 Å². The average Bonchev–Trinajstić information content (AvgIpc) is 3.26. The van der Waals surface area contributed by atoms with Gasteiger partial charge in [-0.3, -0.25) is 9.59 Å². The van der Waals surface area contributed by atoms with Crippen LogP contribution in [0.2, 0.25) is 0 Å². The molecule has 5 rings (SSSR count). The van der Waals surface area contributed by atoms with E-state index in [-0.39, 0.29) is 29.7 Å². The number of allylic oxidation sites excluding steroid dienone is 2. The van der Waals surface area contributed by atoms with Gasteiger partial charge in [0, 0.05) is 0 Å². The highest BCUT2D eigenvalue weighted by Gasteiger charge is 2.66. The van der Waals surface area contributed by atoms with Crippen molar-refractivity contribution in [2.24, 2.45) is 23.2 Å². The zero-order chi connectivity index (χ0) is 17.1. The van der Waals surface area contributed by atoms with Crippen LogP contribution >= 0.6 is 0 Å². The zero-order valence-corrected chi connectivity index (χ0v) is 12.9. The van der Waals surface area contributed by atoms with E-state index in [1.54, 1.807) is 24.3 Å². The third-order valence-electron chi connectivity index (χ3n) is 5.40. The van der Waals surface area contributed by atoms with Gasteiger partial charge in [-0.25, -0.2) is 9.59 Å². The van der Waals surface area contributed by atoms with E-state index < -0.39 is 17.4 Å². The summed E-state index contributed by atoms with van der Waals surface area (Å²) in [5, 5.41) is 0. The summed E-state index contributed by atoms with van der Waals surface area (Å²) in [6.07, 6.45) is 5.06. The summed E-state index contributed by atoms with van der Waals surface area (Å²) < 4.78 is 9.05. The minimum Gasteiger partial charge on any atom is -0.392 e. The fourth-order valence-corrected chi connectivity index (χ4v) is 4.09. The van der Waals surface area contributed by atoms with Crippen molar-refractivity contribution in [2.45, 2.75) is 13.3 Å². The molecule has 0 spiro atoms. The van der Waals surface area contributed by atoms with E-state index in [9.17, 15) is 19.2 Å². The van der Waals surface area contributed by atoms with Crippen LogP contribution in [0.1, 0.15) is 34.1 Å². The molecule has 1 saturated carbocycles. The molecule has 2 bridgehead atoms. The minimum atomic E-state index is -0.550. The van der Waals surface area contributed by atoms with Gasteiger partial charge in [0.25, 0.3) is 0 Å². The Morgan fingerprint density at radius 3 is 2.17 bits per heavy atom. The van der Waals surface area contributed by atoms with Crippen molar-refractivity contribution < 1.29 is 28.7 Å². The molecule has 4 unspecified atom stereocenters. The number of carbonyl (C=O) groups excluding carboxylic acids is 4. The molecule has 2 fully saturated rings. The Kier molecular flexibility index (Phi) is 3.00. The first kappa shape index (κ1) is 14.8. The van der Waals surface area contributed by atoms with Crippen LogP contribution in [0.15, 0.2) is 36.4 Å². The molecule has 2 heterocycles. The molecule has 1 aromatic rings. The van der Waals surface area contributed by atoms with E-state index in [0.29, 0.717) is 11.1 Å². The number of ether oxygens (including phenoxy) is 2. The highest BCUT2D eigenvalue weighted by Crippen LogP contribution is 2.59.